The predicted octanol–water partition coefficient (Wildman–Crippen LogP) is 1.90. The lowest BCUT2D eigenvalue weighted by Gasteiger charge is -2.16. The summed E-state index contributed by atoms with van der Waals surface area (Å²) in [5.74, 6) is -7.67. The van der Waals surface area contributed by atoms with Gasteiger partial charge in [-0.3, -0.25) is 24.1 Å². The number of nitrogens with zero attached hydrogens (tertiary/aromatic N) is 1. The van der Waals surface area contributed by atoms with Crippen LogP contribution in [-0.4, -0.2) is 46.3 Å². The third-order valence-corrected chi connectivity index (χ3v) is 3.65. The lowest BCUT2D eigenvalue weighted by Crippen LogP contribution is -2.36. The number of carbonyl (C=O) groups is 4. The summed E-state index contributed by atoms with van der Waals surface area (Å²) in [6, 6.07) is 6.03. The molecule has 2 amide bonds. The van der Waals surface area contributed by atoms with E-state index in [9.17, 15) is 32.3 Å². The Bertz CT molecular complexity index is 678. The van der Waals surface area contributed by atoms with Gasteiger partial charge in [0, 0.05) is 6.54 Å². The molecule has 0 aromatic heterocycles. The van der Waals surface area contributed by atoms with Crippen LogP contribution in [0, 0.1) is 5.92 Å². The summed E-state index contributed by atoms with van der Waals surface area (Å²) in [6.45, 7) is -0.263. The van der Waals surface area contributed by atoms with Crippen molar-refractivity contribution in [3.63, 3.8) is 0 Å². The lowest BCUT2D eigenvalue weighted by molar-refractivity contribution is -0.180. The third kappa shape index (κ3) is 3.29. The summed E-state index contributed by atoms with van der Waals surface area (Å²) in [5, 5.41) is 8.78. The van der Waals surface area contributed by atoms with Gasteiger partial charge in [-0.25, -0.2) is 0 Å². The van der Waals surface area contributed by atoms with E-state index in [0.717, 1.165) is 4.90 Å². The van der Waals surface area contributed by atoms with Crippen molar-refractivity contribution in [2.75, 3.05) is 6.54 Å². The highest BCUT2D eigenvalue weighted by molar-refractivity contribution is 6.21. The molecule has 6 nitrogen and oxygen atoms in total. The normalized spacial score (nSPS) is 15.4. The topological polar surface area (TPSA) is 91.8 Å². The number of imide groups is 1. The van der Waals surface area contributed by atoms with Crippen molar-refractivity contribution < 1.29 is 37.5 Å². The first-order valence-electron chi connectivity index (χ1n) is 6.93. The number of amides is 2. The molecule has 1 heterocycles. The van der Waals surface area contributed by atoms with E-state index < -0.39 is 42.1 Å². The Kier molecular flexibility index (Phi) is 4.72. The fourth-order valence-corrected chi connectivity index (χ4v) is 2.46. The monoisotopic (exact) mass is 343 g/mol. The van der Waals surface area contributed by atoms with Gasteiger partial charge in [0.25, 0.3) is 11.8 Å². The Morgan fingerprint density at radius 2 is 1.58 bits per heavy atom. The van der Waals surface area contributed by atoms with Crippen molar-refractivity contribution in [2.24, 2.45) is 5.92 Å². The van der Waals surface area contributed by atoms with Crippen molar-refractivity contribution in [1.82, 2.24) is 4.90 Å². The van der Waals surface area contributed by atoms with Crippen molar-refractivity contribution in [3.8, 4) is 0 Å². The molecular weight excluding hydrogens is 331 g/mol. The van der Waals surface area contributed by atoms with Gasteiger partial charge in [-0.1, -0.05) is 12.1 Å². The van der Waals surface area contributed by atoms with Gasteiger partial charge in [0.1, 0.15) is 5.92 Å². The number of Topliss-reactive ketones (excluding diaryl/α,β-unsaturated/α-hetero) is 1. The van der Waals surface area contributed by atoms with Gasteiger partial charge in [-0.15, -0.1) is 0 Å². The molecule has 0 aliphatic carbocycles. The highest BCUT2D eigenvalue weighted by atomic mass is 19.4. The maximum Gasteiger partial charge on any atom is 0.450 e. The van der Waals surface area contributed by atoms with E-state index >= 15 is 0 Å². The number of alkyl halides is 3. The number of benzene rings is 1. The summed E-state index contributed by atoms with van der Waals surface area (Å²) in [4.78, 5) is 46.9. The van der Waals surface area contributed by atoms with Crippen LogP contribution in [0.25, 0.3) is 0 Å². The van der Waals surface area contributed by atoms with Gasteiger partial charge in [-0.05, 0) is 25.0 Å². The molecule has 24 heavy (non-hydrogen) atoms. The summed E-state index contributed by atoms with van der Waals surface area (Å²) in [6.07, 6.45) is -6.11. The molecule has 0 bridgehead atoms. The average Bonchev–Trinajstić information content (AvgIpc) is 2.74. The van der Waals surface area contributed by atoms with E-state index in [2.05, 4.69) is 0 Å². The van der Waals surface area contributed by atoms with Crippen molar-refractivity contribution in [1.29, 1.82) is 0 Å². The van der Waals surface area contributed by atoms with Crippen LogP contribution < -0.4 is 0 Å². The zero-order valence-electron chi connectivity index (χ0n) is 12.2. The molecule has 1 aromatic rings. The number of carboxylic acid groups (broad SMARTS) is 1. The molecular formula is C15H12F3NO5. The smallest absolute Gasteiger partial charge is 0.450 e. The third-order valence-electron chi connectivity index (χ3n) is 3.65. The molecule has 1 N–H and O–H groups in total. The van der Waals surface area contributed by atoms with Crippen LogP contribution in [0.4, 0.5) is 13.2 Å². The first-order chi connectivity index (χ1) is 11.1. The lowest BCUT2D eigenvalue weighted by atomic mass is 9.98. The Labute approximate surface area is 133 Å². The molecule has 0 saturated carbocycles. The fraction of sp³-hybridized carbons (Fsp3) is 0.333. The number of hydrogen-bond donors (Lipinski definition) is 1. The number of ketones is 1. The SMILES string of the molecule is O=C(O)C(CCCN1C(=O)c2ccccc2C1=O)C(=O)C(F)(F)F. The zero-order chi connectivity index (χ0) is 18.1. The highest BCUT2D eigenvalue weighted by Crippen LogP contribution is 2.26. The van der Waals surface area contributed by atoms with Crippen LogP contribution in [0.15, 0.2) is 24.3 Å². The van der Waals surface area contributed by atoms with Crippen molar-refractivity contribution in [3.05, 3.63) is 35.4 Å². The number of hydrogen-bond acceptors (Lipinski definition) is 4. The number of aliphatic carboxylic acids is 1. The van der Waals surface area contributed by atoms with E-state index in [1.54, 1.807) is 12.1 Å². The van der Waals surface area contributed by atoms with Crippen LogP contribution in [0.2, 0.25) is 0 Å². The van der Waals surface area contributed by atoms with Crippen LogP contribution in [0.1, 0.15) is 33.6 Å². The number of rotatable bonds is 6. The van der Waals surface area contributed by atoms with Gasteiger partial charge >= 0.3 is 12.1 Å². The van der Waals surface area contributed by atoms with Crippen molar-refractivity contribution >= 4 is 23.6 Å². The second-order valence-corrected chi connectivity index (χ2v) is 5.20. The van der Waals surface area contributed by atoms with Gasteiger partial charge < -0.3 is 5.11 Å². The highest BCUT2D eigenvalue weighted by Gasteiger charge is 2.46. The van der Waals surface area contributed by atoms with Crippen LogP contribution in [0.3, 0.4) is 0 Å². The molecule has 1 aliphatic heterocycles. The minimum atomic E-state index is -5.25. The van der Waals surface area contributed by atoms with E-state index in [1.807, 2.05) is 0 Å². The molecule has 9 heteroatoms. The predicted molar refractivity (Wildman–Crippen MR) is 73.2 cm³/mol. The molecule has 0 spiro atoms. The number of carbonyl (C=O) groups excluding carboxylic acids is 3. The van der Waals surface area contributed by atoms with Gasteiger partial charge in [0.05, 0.1) is 11.1 Å². The summed E-state index contributed by atoms with van der Waals surface area (Å²) in [5.41, 5.74) is 0.368. The molecule has 0 saturated heterocycles. The summed E-state index contributed by atoms with van der Waals surface area (Å²) >= 11 is 0. The standard InChI is InChI=1S/C15H12F3NO5/c16-15(17,18)11(20)10(14(23)24)6-3-7-19-12(21)8-4-1-2-5-9(8)13(19)22/h1-2,4-5,10H,3,6-7H2,(H,23,24). The fourth-order valence-electron chi connectivity index (χ4n) is 2.46. The van der Waals surface area contributed by atoms with Gasteiger partial charge in [-0.2, -0.15) is 13.2 Å². The summed E-state index contributed by atoms with van der Waals surface area (Å²) < 4.78 is 37.1. The molecule has 1 aliphatic rings. The Hall–Kier alpha value is -2.71. The Balaban J connectivity index is 2.02. The molecule has 0 fully saturated rings. The molecule has 128 valence electrons. The Morgan fingerprint density at radius 3 is 2.00 bits per heavy atom. The zero-order valence-corrected chi connectivity index (χ0v) is 12.2. The molecule has 1 unspecified atom stereocenters. The second kappa shape index (κ2) is 6.42. The second-order valence-electron chi connectivity index (χ2n) is 5.20. The quantitative estimate of drug-likeness (QED) is 0.629. The van der Waals surface area contributed by atoms with E-state index in [-0.39, 0.29) is 24.1 Å². The Morgan fingerprint density at radius 1 is 1.08 bits per heavy atom. The van der Waals surface area contributed by atoms with E-state index in [0.29, 0.717) is 0 Å². The van der Waals surface area contributed by atoms with Crippen LogP contribution in [-0.2, 0) is 9.59 Å². The molecule has 2 rings (SSSR count). The molecule has 1 aromatic carbocycles. The molecule has 1 atom stereocenters. The largest absolute Gasteiger partial charge is 0.481 e. The number of carboxylic acids is 1. The first-order valence-corrected chi connectivity index (χ1v) is 6.93. The van der Waals surface area contributed by atoms with Crippen molar-refractivity contribution in [2.45, 2.75) is 19.0 Å². The molecule has 0 radical (unpaired) electrons. The maximum atomic E-state index is 12.4. The number of halogens is 3. The van der Waals surface area contributed by atoms with Gasteiger partial charge in [0.15, 0.2) is 0 Å². The van der Waals surface area contributed by atoms with E-state index in [1.165, 1.54) is 12.1 Å². The maximum absolute atomic E-state index is 12.4. The van der Waals surface area contributed by atoms with E-state index in [4.69, 9.17) is 5.11 Å². The minimum absolute atomic E-state index is 0.184. The van der Waals surface area contributed by atoms with Crippen LogP contribution in [0.5, 0.6) is 0 Å². The minimum Gasteiger partial charge on any atom is -0.481 e. The first kappa shape index (κ1) is 17.6. The number of fused-ring (bicyclic) bond motifs is 1. The average molecular weight is 343 g/mol. The van der Waals surface area contributed by atoms with Gasteiger partial charge in [0.2, 0.25) is 5.78 Å². The van der Waals surface area contributed by atoms with Crippen LogP contribution >= 0.6 is 0 Å². The summed E-state index contributed by atoms with van der Waals surface area (Å²) in [7, 11) is 0.